The third kappa shape index (κ3) is 4.27. The number of hydrogen-bond acceptors (Lipinski definition) is 4. The highest BCUT2D eigenvalue weighted by Gasteiger charge is 2.28. The smallest absolute Gasteiger partial charge is 0.253 e. The van der Waals surface area contributed by atoms with Crippen molar-refractivity contribution < 1.29 is 19.1 Å². The van der Waals surface area contributed by atoms with E-state index in [0.717, 1.165) is 5.56 Å². The maximum Gasteiger partial charge on any atom is 0.253 e. The molecule has 2 unspecified atom stereocenters. The molecule has 0 spiro atoms. The molecule has 3 aromatic rings. The topological polar surface area (TPSA) is 110 Å². The van der Waals surface area contributed by atoms with Crippen molar-refractivity contribution in [2.24, 2.45) is 12.8 Å². The van der Waals surface area contributed by atoms with E-state index in [2.05, 4.69) is 5.32 Å². The highest BCUT2D eigenvalue weighted by molar-refractivity contribution is 6.31. The molecule has 0 aliphatic carbocycles. The molecule has 1 aromatic carbocycles. The van der Waals surface area contributed by atoms with Crippen LogP contribution in [-0.2, 0) is 18.3 Å². The second-order valence-electron chi connectivity index (χ2n) is 6.48. The maximum absolute atomic E-state index is 13.0. The fourth-order valence-electron chi connectivity index (χ4n) is 3.02. The lowest BCUT2D eigenvalue weighted by Crippen LogP contribution is -2.50. The van der Waals surface area contributed by atoms with E-state index in [1.54, 1.807) is 30.1 Å². The van der Waals surface area contributed by atoms with E-state index in [1.165, 1.54) is 6.26 Å². The third-order valence-corrected chi connectivity index (χ3v) is 4.69. The zero-order valence-electron chi connectivity index (χ0n) is 15.1. The molecule has 2 heterocycles. The molecule has 0 saturated heterocycles. The lowest BCUT2D eigenvalue weighted by molar-refractivity contribution is -0.127. The third-order valence-electron chi connectivity index (χ3n) is 4.40. The van der Waals surface area contributed by atoms with Gasteiger partial charge in [0, 0.05) is 30.6 Å². The van der Waals surface area contributed by atoms with Gasteiger partial charge < -0.3 is 25.1 Å². The van der Waals surface area contributed by atoms with Crippen LogP contribution in [0.4, 0.5) is 0 Å². The van der Waals surface area contributed by atoms with Crippen molar-refractivity contribution in [3.05, 3.63) is 71.4 Å². The standard InChI is InChI=1S/C20H20ClN3O4/c1-24-10-14(13-7-8-28-18(13)21)15(11-24)20(27)23-16(17(25)19(22)26)9-12-5-3-2-4-6-12/h2-8,10-11,16-17,25H,9H2,1H3,(H2,22,26)(H,23,27). The summed E-state index contributed by atoms with van der Waals surface area (Å²) in [6, 6.07) is 9.97. The molecule has 8 heteroatoms. The molecule has 0 saturated carbocycles. The summed E-state index contributed by atoms with van der Waals surface area (Å²) < 4.78 is 6.83. The summed E-state index contributed by atoms with van der Waals surface area (Å²) in [6.45, 7) is 0. The number of benzene rings is 1. The summed E-state index contributed by atoms with van der Waals surface area (Å²) in [5.74, 6) is -1.37. The average Bonchev–Trinajstić information content (AvgIpc) is 3.26. The van der Waals surface area contributed by atoms with Gasteiger partial charge in [0.2, 0.25) is 11.1 Å². The van der Waals surface area contributed by atoms with Crippen LogP contribution in [0.15, 0.2) is 59.5 Å². The second-order valence-corrected chi connectivity index (χ2v) is 6.82. The number of aliphatic hydroxyl groups is 1. The van der Waals surface area contributed by atoms with Crippen molar-refractivity contribution >= 4 is 23.4 Å². The minimum absolute atomic E-state index is 0.165. The van der Waals surface area contributed by atoms with Crippen molar-refractivity contribution in [2.75, 3.05) is 0 Å². The Bertz CT molecular complexity index is 981. The number of aliphatic hydroxyl groups excluding tert-OH is 1. The van der Waals surface area contributed by atoms with E-state index in [0.29, 0.717) is 16.7 Å². The van der Waals surface area contributed by atoms with Crippen LogP contribution < -0.4 is 11.1 Å². The number of rotatable bonds is 7. The van der Waals surface area contributed by atoms with E-state index >= 15 is 0 Å². The first-order valence-electron chi connectivity index (χ1n) is 8.58. The molecule has 2 aromatic heterocycles. The quantitative estimate of drug-likeness (QED) is 0.563. The second kappa shape index (κ2) is 8.33. The Hall–Kier alpha value is -3.03. The molecular formula is C20H20ClN3O4. The van der Waals surface area contributed by atoms with Crippen LogP contribution in [0.1, 0.15) is 15.9 Å². The number of halogens is 1. The molecule has 2 atom stereocenters. The number of amides is 2. The Labute approximate surface area is 166 Å². The molecule has 7 nitrogen and oxygen atoms in total. The molecule has 146 valence electrons. The molecule has 0 radical (unpaired) electrons. The normalized spacial score (nSPS) is 13.1. The van der Waals surface area contributed by atoms with Gasteiger partial charge in [0.15, 0.2) is 6.10 Å². The number of carbonyl (C=O) groups excluding carboxylic acids is 2. The molecular weight excluding hydrogens is 382 g/mol. The predicted octanol–water partition coefficient (Wildman–Crippen LogP) is 2.13. The predicted molar refractivity (Wildman–Crippen MR) is 105 cm³/mol. The number of primary amides is 1. The minimum Gasteiger partial charge on any atom is -0.452 e. The van der Waals surface area contributed by atoms with Crippen molar-refractivity contribution in [1.82, 2.24) is 9.88 Å². The fraction of sp³-hybridized carbons (Fsp3) is 0.200. The number of furan rings is 1. The van der Waals surface area contributed by atoms with E-state index in [1.807, 2.05) is 30.3 Å². The summed E-state index contributed by atoms with van der Waals surface area (Å²) in [6.07, 6.45) is 3.51. The van der Waals surface area contributed by atoms with Gasteiger partial charge in [0.05, 0.1) is 17.9 Å². The zero-order valence-corrected chi connectivity index (χ0v) is 15.9. The van der Waals surface area contributed by atoms with Crippen LogP contribution in [0.5, 0.6) is 0 Å². The van der Waals surface area contributed by atoms with Gasteiger partial charge in [-0.1, -0.05) is 30.3 Å². The number of hydrogen-bond donors (Lipinski definition) is 3. The van der Waals surface area contributed by atoms with Crippen LogP contribution in [-0.4, -0.2) is 33.6 Å². The van der Waals surface area contributed by atoms with Gasteiger partial charge in [-0.05, 0) is 29.7 Å². The number of nitrogens with zero attached hydrogens (tertiary/aromatic N) is 1. The van der Waals surface area contributed by atoms with Crippen LogP contribution >= 0.6 is 11.6 Å². The minimum atomic E-state index is -1.53. The summed E-state index contributed by atoms with van der Waals surface area (Å²) in [7, 11) is 1.77. The molecule has 4 N–H and O–H groups in total. The van der Waals surface area contributed by atoms with Crippen molar-refractivity contribution in [3.8, 4) is 11.1 Å². The SMILES string of the molecule is Cn1cc(C(=O)NC(Cc2ccccc2)C(O)C(N)=O)c(-c2ccoc2Cl)c1. The molecule has 2 amide bonds. The van der Waals surface area contributed by atoms with E-state index in [4.69, 9.17) is 21.8 Å². The summed E-state index contributed by atoms with van der Waals surface area (Å²) in [4.78, 5) is 24.5. The van der Waals surface area contributed by atoms with Crippen LogP contribution in [0.25, 0.3) is 11.1 Å². The van der Waals surface area contributed by atoms with Crippen LogP contribution in [0.3, 0.4) is 0 Å². The lowest BCUT2D eigenvalue weighted by atomic mass is 9.99. The van der Waals surface area contributed by atoms with Crippen molar-refractivity contribution in [2.45, 2.75) is 18.6 Å². The van der Waals surface area contributed by atoms with E-state index < -0.39 is 24.0 Å². The molecule has 0 bridgehead atoms. The first kappa shape index (κ1) is 19.7. The van der Waals surface area contributed by atoms with Gasteiger partial charge in [-0.2, -0.15) is 0 Å². The van der Waals surface area contributed by atoms with Crippen LogP contribution in [0.2, 0.25) is 5.22 Å². The first-order chi connectivity index (χ1) is 13.4. The number of aryl methyl sites for hydroxylation is 1. The van der Waals surface area contributed by atoms with E-state index in [-0.39, 0.29) is 11.6 Å². The summed E-state index contributed by atoms with van der Waals surface area (Å²) in [5.41, 5.74) is 7.59. The lowest BCUT2D eigenvalue weighted by Gasteiger charge is -2.22. The highest BCUT2D eigenvalue weighted by Crippen LogP contribution is 2.32. The Morgan fingerprint density at radius 1 is 1.21 bits per heavy atom. The molecule has 0 aliphatic heterocycles. The van der Waals surface area contributed by atoms with Gasteiger partial charge >= 0.3 is 0 Å². The van der Waals surface area contributed by atoms with Gasteiger partial charge in [-0.15, -0.1) is 0 Å². The number of aromatic nitrogens is 1. The molecule has 0 aliphatic rings. The first-order valence-corrected chi connectivity index (χ1v) is 8.96. The highest BCUT2D eigenvalue weighted by atomic mass is 35.5. The average molecular weight is 402 g/mol. The number of carbonyl (C=O) groups is 2. The monoisotopic (exact) mass is 401 g/mol. The zero-order chi connectivity index (χ0) is 20.3. The van der Waals surface area contributed by atoms with Gasteiger partial charge in [0.1, 0.15) is 0 Å². The largest absolute Gasteiger partial charge is 0.452 e. The molecule has 0 fully saturated rings. The number of nitrogens with two attached hydrogens (primary N) is 1. The van der Waals surface area contributed by atoms with Crippen molar-refractivity contribution in [1.29, 1.82) is 0 Å². The Morgan fingerprint density at radius 3 is 2.54 bits per heavy atom. The fourth-order valence-corrected chi connectivity index (χ4v) is 3.24. The van der Waals surface area contributed by atoms with Gasteiger partial charge in [-0.3, -0.25) is 9.59 Å². The van der Waals surface area contributed by atoms with E-state index in [9.17, 15) is 14.7 Å². The Morgan fingerprint density at radius 2 is 1.93 bits per heavy atom. The Kier molecular flexibility index (Phi) is 5.87. The Balaban J connectivity index is 1.88. The number of nitrogens with one attached hydrogen (secondary N) is 1. The van der Waals surface area contributed by atoms with Crippen LogP contribution in [0, 0.1) is 0 Å². The summed E-state index contributed by atoms with van der Waals surface area (Å²) >= 11 is 6.06. The summed E-state index contributed by atoms with van der Waals surface area (Å²) in [5, 5.41) is 13.1. The van der Waals surface area contributed by atoms with Gasteiger partial charge in [-0.25, -0.2) is 0 Å². The molecule has 28 heavy (non-hydrogen) atoms. The van der Waals surface area contributed by atoms with Gasteiger partial charge in [0.25, 0.3) is 5.91 Å². The van der Waals surface area contributed by atoms with Crippen molar-refractivity contribution in [3.63, 3.8) is 0 Å². The molecule has 3 rings (SSSR count). The maximum atomic E-state index is 13.0.